The Balaban J connectivity index is 0.00000384. The first kappa shape index (κ1) is 44.1. The molecule has 0 radical (unpaired) electrons. The van der Waals surface area contributed by atoms with Crippen molar-refractivity contribution in [2.45, 2.75) is 138 Å². The van der Waals surface area contributed by atoms with E-state index in [0.29, 0.717) is 0 Å². The van der Waals surface area contributed by atoms with Gasteiger partial charge in [0.05, 0.1) is 0 Å². The zero-order valence-electron chi connectivity index (χ0n) is 30.5. The van der Waals surface area contributed by atoms with Crippen LogP contribution in [0.4, 0.5) is 0 Å². The molecule has 0 aliphatic carbocycles. The third kappa shape index (κ3) is 15.3. The van der Waals surface area contributed by atoms with Gasteiger partial charge in [0.15, 0.2) is 37.2 Å². The Kier molecular flexibility index (Phi) is 21.6. The van der Waals surface area contributed by atoms with Gasteiger partial charge in [0.25, 0.3) is 0 Å². The number of unbranched alkanes of at least 4 members (excludes halogenated alkanes) is 6. The fourth-order valence-electron chi connectivity index (χ4n) is 6.29. The Morgan fingerprint density at radius 2 is 0.625 bits per heavy atom. The molecule has 0 fully saturated rings. The second-order valence-electron chi connectivity index (χ2n) is 13.7. The van der Waals surface area contributed by atoms with Crippen LogP contribution in [0.2, 0.25) is 0 Å². The third-order valence-electron chi connectivity index (χ3n) is 9.75. The van der Waals surface area contributed by atoms with E-state index in [9.17, 15) is 0 Å². The minimum Gasteiger partial charge on any atom is -1.00 e. The van der Waals surface area contributed by atoms with Crippen LogP contribution in [0.1, 0.15) is 108 Å². The van der Waals surface area contributed by atoms with E-state index in [1.54, 1.807) is 16.7 Å². The number of benzene rings is 1. The molecule has 264 valence electrons. The van der Waals surface area contributed by atoms with Crippen molar-refractivity contribution >= 4 is 0 Å². The van der Waals surface area contributed by atoms with Gasteiger partial charge in [-0.1, -0.05) is 18.2 Å². The van der Waals surface area contributed by atoms with Gasteiger partial charge in [0.1, 0.15) is 19.6 Å². The van der Waals surface area contributed by atoms with Crippen LogP contribution in [0.15, 0.2) is 73.6 Å². The zero-order chi connectivity index (χ0) is 32.0. The van der Waals surface area contributed by atoms with E-state index in [1.165, 1.54) is 110 Å². The number of pyridine rings is 3. The molecule has 6 heteroatoms. The lowest BCUT2D eigenvalue weighted by Crippen LogP contribution is -3.00. The summed E-state index contributed by atoms with van der Waals surface area (Å²) < 4.78 is 7.08. The van der Waals surface area contributed by atoms with Crippen LogP contribution in [-0.4, -0.2) is 0 Å². The summed E-state index contributed by atoms with van der Waals surface area (Å²) in [5.74, 6) is 0. The lowest BCUT2D eigenvalue weighted by atomic mass is 9.95. The minimum absolute atomic E-state index is 0. The molecule has 0 bridgehead atoms. The molecular weight excluding hydrogens is 786 g/mol. The molecule has 0 amide bonds. The first-order chi connectivity index (χ1) is 21.8. The van der Waals surface area contributed by atoms with Gasteiger partial charge in [0, 0.05) is 54.2 Å². The monoisotopic (exact) mass is 843 g/mol. The molecule has 0 unspecified atom stereocenters. The van der Waals surface area contributed by atoms with Gasteiger partial charge in [-0.2, -0.15) is 0 Å². The molecule has 0 aliphatic heterocycles. The summed E-state index contributed by atoms with van der Waals surface area (Å²) in [6.45, 7) is 16.6. The minimum atomic E-state index is 0. The van der Waals surface area contributed by atoms with Crippen LogP contribution < -0.4 is 64.6 Å². The Hall–Kier alpha value is -1.89. The van der Waals surface area contributed by atoms with Crippen molar-refractivity contribution in [3.05, 3.63) is 124 Å². The molecule has 0 N–H and O–H groups in total. The van der Waals surface area contributed by atoms with E-state index in [1.807, 2.05) is 0 Å². The zero-order valence-corrected chi connectivity index (χ0v) is 35.3. The summed E-state index contributed by atoms with van der Waals surface area (Å²) >= 11 is 0. The van der Waals surface area contributed by atoms with Gasteiger partial charge in [-0.25, -0.2) is 13.7 Å². The topological polar surface area (TPSA) is 11.6 Å². The number of hydrogen-bond acceptors (Lipinski definition) is 0. The predicted octanol–water partition coefficient (Wildman–Crippen LogP) is -0.349. The summed E-state index contributed by atoms with van der Waals surface area (Å²) in [6, 6.07) is 14.3. The first-order valence-corrected chi connectivity index (χ1v) is 17.8. The maximum absolute atomic E-state index is 2.52. The quantitative estimate of drug-likeness (QED) is 0.0961. The van der Waals surface area contributed by atoms with Crippen LogP contribution in [0, 0.1) is 41.5 Å². The normalized spacial score (nSPS) is 10.6. The SMILES string of the molecule is Cc1cc[n+](CCCCCc2cc(CCCCC[n+]3ccc(C)c(C)c3)cc(CCCCC[n+]3ccc(C)c(C)c3)c2)cc1C.[Br-].[Br-].[Br-]. The summed E-state index contributed by atoms with van der Waals surface area (Å²) in [5.41, 5.74) is 12.9. The largest absolute Gasteiger partial charge is 1.00 e. The van der Waals surface area contributed by atoms with Crippen molar-refractivity contribution < 1.29 is 64.6 Å². The molecule has 4 aromatic rings. The average molecular weight is 847 g/mol. The number of halogens is 3. The molecule has 0 saturated carbocycles. The molecular formula is C42H60Br3N3. The van der Waals surface area contributed by atoms with Gasteiger partial charge in [-0.15, -0.1) is 0 Å². The second kappa shape index (κ2) is 23.5. The van der Waals surface area contributed by atoms with Gasteiger partial charge < -0.3 is 50.9 Å². The first-order valence-electron chi connectivity index (χ1n) is 17.8. The van der Waals surface area contributed by atoms with Crippen molar-refractivity contribution in [2.75, 3.05) is 0 Å². The lowest BCUT2D eigenvalue weighted by Gasteiger charge is -2.11. The highest BCUT2D eigenvalue weighted by molar-refractivity contribution is 5.31. The summed E-state index contributed by atoms with van der Waals surface area (Å²) in [6.07, 6.45) is 28.6. The molecule has 0 saturated heterocycles. The van der Waals surface area contributed by atoms with E-state index < -0.39 is 0 Å². The number of hydrogen-bond donors (Lipinski definition) is 0. The molecule has 0 atom stereocenters. The highest BCUT2D eigenvalue weighted by Gasteiger charge is 2.08. The van der Waals surface area contributed by atoms with E-state index >= 15 is 0 Å². The van der Waals surface area contributed by atoms with Gasteiger partial charge >= 0.3 is 0 Å². The van der Waals surface area contributed by atoms with Crippen molar-refractivity contribution in [1.29, 1.82) is 0 Å². The smallest absolute Gasteiger partial charge is 0.171 e. The highest BCUT2D eigenvalue weighted by Crippen LogP contribution is 2.18. The Labute approximate surface area is 324 Å². The standard InChI is InChI=1S/C42H60N3.3BrH/c1-34-19-25-43(31-37(34)4)22-13-7-10-16-40-28-41(17-11-8-14-23-44-26-20-35(2)38(5)32-44)30-42(29-40)18-12-9-15-24-45-27-21-36(3)39(6)33-45;;;/h19-21,25-33H,7-18,22-24H2,1-6H3;3*1H/q+3;;;/p-3. The van der Waals surface area contributed by atoms with Crippen LogP contribution in [0.25, 0.3) is 0 Å². The predicted molar refractivity (Wildman–Crippen MR) is 187 cm³/mol. The van der Waals surface area contributed by atoms with E-state index in [2.05, 4.69) is 129 Å². The van der Waals surface area contributed by atoms with Crippen LogP contribution in [-0.2, 0) is 38.9 Å². The summed E-state index contributed by atoms with van der Waals surface area (Å²) in [7, 11) is 0. The van der Waals surface area contributed by atoms with Crippen molar-refractivity contribution in [2.24, 2.45) is 0 Å². The maximum Gasteiger partial charge on any atom is 0.171 e. The molecule has 3 nitrogen and oxygen atoms in total. The molecule has 0 aliphatic rings. The van der Waals surface area contributed by atoms with Crippen LogP contribution in [0.3, 0.4) is 0 Å². The molecule has 3 aromatic heterocycles. The summed E-state index contributed by atoms with van der Waals surface area (Å²) in [4.78, 5) is 0. The number of rotatable bonds is 18. The molecule has 48 heavy (non-hydrogen) atoms. The number of aromatic nitrogens is 3. The molecule has 3 heterocycles. The van der Waals surface area contributed by atoms with Gasteiger partial charge in [-0.05, 0) is 133 Å². The van der Waals surface area contributed by atoms with Crippen molar-refractivity contribution in [3.8, 4) is 0 Å². The van der Waals surface area contributed by atoms with Crippen LogP contribution in [0.5, 0.6) is 0 Å². The van der Waals surface area contributed by atoms with Crippen molar-refractivity contribution in [3.63, 3.8) is 0 Å². The average Bonchev–Trinajstić information content (AvgIpc) is 3.02. The number of aryl methyl sites for hydroxylation is 12. The fourth-order valence-corrected chi connectivity index (χ4v) is 6.29. The fraction of sp³-hybridized carbons (Fsp3) is 0.500. The molecule has 1 aromatic carbocycles. The Bertz CT molecular complexity index is 1330. The van der Waals surface area contributed by atoms with E-state index in [4.69, 9.17) is 0 Å². The van der Waals surface area contributed by atoms with Gasteiger partial charge in [0.2, 0.25) is 0 Å². The second-order valence-corrected chi connectivity index (χ2v) is 13.7. The Morgan fingerprint density at radius 3 is 0.875 bits per heavy atom. The highest BCUT2D eigenvalue weighted by atomic mass is 79.9. The maximum atomic E-state index is 2.52. The van der Waals surface area contributed by atoms with Crippen LogP contribution >= 0.6 is 0 Å². The third-order valence-corrected chi connectivity index (χ3v) is 9.75. The number of nitrogens with zero attached hydrogens (tertiary/aromatic N) is 3. The Morgan fingerprint density at radius 1 is 0.354 bits per heavy atom. The van der Waals surface area contributed by atoms with Gasteiger partial charge in [-0.3, -0.25) is 0 Å². The lowest BCUT2D eigenvalue weighted by molar-refractivity contribution is -0.697. The van der Waals surface area contributed by atoms with E-state index in [0.717, 1.165) is 19.6 Å². The summed E-state index contributed by atoms with van der Waals surface area (Å²) in [5, 5.41) is 0. The molecule has 0 spiro atoms. The van der Waals surface area contributed by atoms with Crippen molar-refractivity contribution in [1.82, 2.24) is 0 Å². The van der Waals surface area contributed by atoms with E-state index in [-0.39, 0.29) is 50.9 Å². The molecule has 4 rings (SSSR count).